The standard InChI is InChI=1S/C24H38N2O5/c1-10-15-11-14(2)17-13-26(18(16(17)12-15)21(28)30-9)20(27)19(23(3,4)5)25-22(29)31-24(6,7)8/h1,14-19H,11-13H2,2-9H3,(H,25,29)/t14-,15+,16-,17+,18-,19+/m0/s1. The molecule has 1 aliphatic carbocycles. The highest BCUT2D eigenvalue weighted by Gasteiger charge is 2.54. The second-order valence-corrected chi connectivity index (χ2v) is 11.0. The molecular weight excluding hydrogens is 396 g/mol. The van der Waals surface area contributed by atoms with Gasteiger partial charge in [0, 0.05) is 12.5 Å². The van der Waals surface area contributed by atoms with Gasteiger partial charge in [0.1, 0.15) is 17.7 Å². The van der Waals surface area contributed by atoms with Crippen LogP contribution in [0.5, 0.6) is 0 Å². The molecule has 0 spiro atoms. The quantitative estimate of drug-likeness (QED) is 0.545. The molecule has 2 rings (SSSR count). The van der Waals surface area contributed by atoms with Crippen LogP contribution in [0, 0.1) is 41.4 Å². The number of hydrogen-bond donors (Lipinski definition) is 1. The molecule has 31 heavy (non-hydrogen) atoms. The summed E-state index contributed by atoms with van der Waals surface area (Å²) in [7, 11) is 1.34. The van der Waals surface area contributed by atoms with E-state index in [1.807, 2.05) is 20.8 Å². The molecule has 1 saturated carbocycles. The molecule has 7 nitrogen and oxygen atoms in total. The molecular formula is C24H38N2O5. The Hall–Kier alpha value is -2.23. The number of rotatable bonds is 3. The Morgan fingerprint density at radius 2 is 1.71 bits per heavy atom. The predicted octanol–water partition coefficient (Wildman–Crippen LogP) is 3.22. The maximum absolute atomic E-state index is 13.7. The third-order valence-electron chi connectivity index (χ3n) is 6.38. The molecule has 6 atom stereocenters. The highest BCUT2D eigenvalue weighted by molar-refractivity contribution is 5.91. The number of nitrogens with zero attached hydrogens (tertiary/aromatic N) is 1. The molecule has 1 saturated heterocycles. The topological polar surface area (TPSA) is 84.9 Å². The Balaban J connectivity index is 2.35. The lowest BCUT2D eigenvalue weighted by atomic mass is 9.68. The summed E-state index contributed by atoms with van der Waals surface area (Å²) in [4.78, 5) is 40.6. The van der Waals surface area contributed by atoms with E-state index in [0.717, 1.165) is 6.42 Å². The number of ether oxygens (including phenoxy) is 2. The number of terminal acetylenes is 1. The van der Waals surface area contributed by atoms with Crippen molar-refractivity contribution >= 4 is 18.0 Å². The zero-order chi connectivity index (χ0) is 23.7. The first-order chi connectivity index (χ1) is 14.2. The van der Waals surface area contributed by atoms with Crippen LogP contribution in [0.1, 0.15) is 61.3 Å². The molecule has 1 heterocycles. The van der Waals surface area contributed by atoms with Crippen molar-refractivity contribution in [2.45, 2.75) is 79.0 Å². The number of esters is 1. The summed E-state index contributed by atoms with van der Waals surface area (Å²) >= 11 is 0. The zero-order valence-electron chi connectivity index (χ0n) is 20.2. The van der Waals surface area contributed by atoms with Crippen molar-refractivity contribution in [3.05, 3.63) is 0 Å². The number of methoxy groups -OCH3 is 1. The third kappa shape index (κ3) is 5.72. The normalized spacial score (nSPS) is 29.4. The van der Waals surface area contributed by atoms with Crippen LogP contribution >= 0.6 is 0 Å². The van der Waals surface area contributed by atoms with Crippen LogP contribution < -0.4 is 5.32 Å². The second-order valence-electron chi connectivity index (χ2n) is 11.0. The van der Waals surface area contributed by atoms with Crippen molar-refractivity contribution in [1.29, 1.82) is 0 Å². The smallest absolute Gasteiger partial charge is 0.408 e. The predicted molar refractivity (Wildman–Crippen MR) is 118 cm³/mol. The lowest BCUT2D eigenvalue weighted by Gasteiger charge is -2.36. The van der Waals surface area contributed by atoms with Crippen LogP contribution in [0.3, 0.4) is 0 Å². The first kappa shape index (κ1) is 25.0. The van der Waals surface area contributed by atoms with Crippen molar-refractivity contribution in [2.24, 2.45) is 29.1 Å². The van der Waals surface area contributed by atoms with E-state index in [2.05, 4.69) is 18.2 Å². The highest BCUT2D eigenvalue weighted by Crippen LogP contribution is 2.46. The molecule has 0 unspecified atom stereocenters. The van der Waals surface area contributed by atoms with Crippen molar-refractivity contribution in [3.63, 3.8) is 0 Å². The van der Waals surface area contributed by atoms with Crippen molar-refractivity contribution in [2.75, 3.05) is 13.7 Å². The first-order valence-corrected chi connectivity index (χ1v) is 11.0. The summed E-state index contributed by atoms with van der Waals surface area (Å²) in [6, 6.07) is -1.56. The molecule has 0 aromatic heterocycles. The van der Waals surface area contributed by atoms with E-state index in [1.165, 1.54) is 7.11 Å². The van der Waals surface area contributed by atoms with Gasteiger partial charge >= 0.3 is 12.1 Å². The number of fused-ring (bicyclic) bond motifs is 1. The maximum atomic E-state index is 13.7. The van der Waals surface area contributed by atoms with Gasteiger partial charge in [-0.05, 0) is 56.8 Å². The fourth-order valence-electron chi connectivity index (χ4n) is 4.92. The van der Waals surface area contributed by atoms with Crippen molar-refractivity contribution in [3.8, 4) is 12.3 Å². The monoisotopic (exact) mass is 434 g/mol. The molecule has 0 aromatic carbocycles. The number of carbonyl (C=O) groups is 3. The minimum atomic E-state index is -0.853. The second kappa shape index (κ2) is 9.10. The van der Waals surface area contributed by atoms with Gasteiger partial charge in [-0.15, -0.1) is 12.3 Å². The Labute approximate surface area is 186 Å². The Morgan fingerprint density at radius 3 is 2.19 bits per heavy atom. The summed E-state index contributed by atoms with van der Waals surface area (Å²) in [5.41, 5.74) is -1.28. The minimum Gasteiger partial charge on any atom is -0.467 e. The molecule has 174 valence electrons. The molecule has 1 aliphatic heterocycles. The van der Waals surface area contributed by atoms with E-state index in [1.54, 1.807) is 25.7 Å². The van der Waals surface area contributed by atoms with Crippen LogP contribution in [-0.2, 0) is 19.1 Å². The first-order valence-electron chi connectivity index (χ1n) is 11.0. The molecule has 1 N–H and O–H groups in total. The summed E-state index contributed by atoms with van der Waals surface area (Å²) in [6.07, 6.45) is 6.61. The van der Waals surface area contributed by atoms with Crippen molar-refractivity contribution in [1.82, 2.24) is 10.2 Å². The van der Waals surface area contributed by atoms with Gasteiger partial charge in [-0.1, -0.05) is 27.7 Å². The van der Waals surface area contributed by atoms with Crippen LogP contribution in [-0.4, -0.2) is 54.2 Å². The summed E-state index contributed by atoms with van der Waals surface area (Å²) in [5.74, 6) is 2.58. The molecule has 2 fully saturated rings. The summed E-state index contributed by atoms with van der Waals surface area (Å²) < 4.78 is 10.5. The van der Waals surface area contributed by atoms with Gasteiger partial charge in [0.15, 0.2) is 0 Å². The Bertz CT molecular complexity index is 743. The van der Waals surface area contributed by atoms with E-state index in [4.69, 9.17) is 15.9 Å². The van der Waals surface area contributed by atoms with Crippen LogP contribution in [0.15, 0.2) is 0 Å². The largest absolute Gasteiger partial charge is 0.467 e. The fourth-order valence-corrected chi connectivity index (χ4v) is 4.92. The van der Waals surface area contributed by atoms with Gasteiger partial charge in [0.2, 0.25) is 5.91 Å². The molecule has 0 radical (unpaired) electrons. The van der Waals surface area contributed by atoms with Crippen LogP contribution in [0.2, 0.25) is 0 Å². The van der Waals surface area contributed by atoms with Gasteiger partial charge in [-0.25, -0.2) is 9.59 Å². The lowest BCUT2D eigenvalue weighted by molar-refractivity contribution is -0.154. The number of nitrogens with one attached hydrogen (secondary N) is 1. The number of hydrogen-bond acceptors (Lipinski definition) is 5. The molecule has 0 bridgehead atoms. The van der Waals surface area contributed by atoms with Crippen LogP contribution in [0.4, 0.5) is 4.79 Å². The average molecular weight is 435 g/mol. The van der Waals surface area contributed by atoms with E-state index in [9.17, 15) is 14.4 Å². The molecule has 7 heteroatoms. The minimum absolute atomic E-state index is 0.0525. The lowest BCUT2D eigenvalue weighted by Crippen LogP contribution is -2.58. The Kier molecular flexibility index (Phi) is 7.35. The van der Waals surface area contributed by atoms with Gasteiger partial charge in [0.25, 0.3) is 0 Å². The van der Waals surface area contributed by atoms with E-state index < -0.39 is 35.2 Å². The van der Waals surface area contributed by atoms with Crippen LogP contribution in [0.25, 0.3) is 0 Å². The van der Waals surface area contributed by atoms with Gasteiger partial charge in [-0.3, -0.25) is 4.79 Å². The molecule has 2 amide bonds. The number of alkyl carbamates (subject to hydrolysis) is 1. The molecule has 2 aliphatic rings. The SMILES string of the molecule is C#C[C@H]1C[C@H]2[C@H](CN(C(=O)[C@@H](NC(=O)OC(C)(C)C)C(C)(C)C)[C@@H]2C(=O)OC)[C@@H](C)C1. The summed E-state index contributed by atoms with van der Waals surface area (Å²) in [5, 5.41) is 2.74. The Morgan fingerprint density at radius 1 is 1.10 bits per heavy atom. The number of carbonyl (C=O) groups excluding carboxylic acids is 3. The van der Waals surface area contributed by atoms with E-state index in [0.29, 0.717) is 13.0 Å². The van der Waals surface area contributed by atoms with Gasteiger partial charge < -0.3 is 19.7 Å². The fraction of sp³-hybridized carbons (Fsp3) is 0.792. The molecule has 0 aromatic rings. The average Bonchev–Trinajstić information content (AvgIpc) is 3.02. The zero-order valence-corrected chi connectivity index (χ0v) is 20.2. The van der Waals surface area contributed by atoms with Gasteiger partial charge in [-0.2, -0.15) is 0 Å². The van der Waals surface area contributed by atoms with E-state index in [-0.39, 0.29) is 29.6 Å². The highest BCUT2D eigenvalue weighted by atomic mass is 16.6. The maximum Gasteiger partial charge on any atom is 0.408 e. The number of likely N-dealkylation sites (tertiary alicyclic amines) is 1. The van der Waals surface area contributed by atoms with Crippen molar-refractivity contribution < 1.29 is 23.9 Å². The summed E-state index contributed by atoms with van der Waals surface area (Å²) in [6.45, 7) is 13.5. The van der Waals surface area contributed by atoms with Gasteiger partial charge in [0.05, 0.1) is 7.11 Å². The third-order valence-corrected chi connectivity index (χ3v) is 6.38. The number of amides is 2. The van der Waals surface area contributed by atoms with E-state index >= 15 is 0 Å².